The predicted molar refractivity (Wildman–Crippen MR) is 95.2 cm³/mol. The molecule has 1 atom stereocenters. The zero-order chi connectivity index (χ0) is 18.5. The fourth-order valence-electron chi connectivity index (χ4n) is 3.69. The van der Waals surface area contributed by atoms with Crippen molar-refractivity contribution < 1.29 is 19.5 Å². The molecule has 140 valence electrons. The average molecular weight is 359 g/mol. The summed E-state index contributed by atoms with van der Waals surface area (Å²) in [5.74, 6) is -0.862. The summed E-state index contributed by atoms with van der Waals surface area (Å²) in [6.07, 6.45) is 2.91. The van der Waals surface area contributed by atoms with Gasteiger partial charge in [-0.25, -0.2) is 0 Å². The molecule has 0 unspecified atom stereocenters. The van der Waals surface area contributed by atoms with Crippen LogP contribution in [0.3, 0.4) is 0 Å². The molecular weight excluding hydrogens is 334 g/mol. The Hall–Kier alpha value is -2.41. The number of nitrogens with zero attached hydrogens (tertiary/aromatic N) is 2. The highest BCUT2D eigenvalue weighted by Gasteiger charge is 2.31. The highest BCUT2D eigenvalue weighted by Crippen LogP contribution is 2.18. The zero-order valence-corrected chi connectivity index (χ0v) is 14.8. The van der Waals surface area contributed by atoms with Gasteiger partial charge in [0.05, 0.1) is 6.54 Å². The molecule has 2 N–H and O–H groups in total. The van der Waals surface area contributed by atoms with Gasteiger partial charge >= 0.3 is 5.97 Å². The monoisotopic (exact) mass is 359 g/mol. The fourth-order valence-corrected chi connectivity index (χ4v) is 3.69. The maximum atomic E-state index is 12.2. The normalized spacial score (nSPS) is 20.5. The van der Waals surface area contributed by atoms with Gasteiger partial charge in [-0.2, -0.15) is 0 Å². The van der Waals surface area contributed by atoms with E-state index in [4.69, 9.17) is 0 Å². The number of likely N-dealkylation sites (tertiary alicyclic amines) is 2. The fraction of sp³-hybridized carbons (Fsp3) is 0.526. The van der Waals surface area contributed by atoms with Gasteiger partial charge in [0, 0.05) is 26.1 Å². The molecule has 7 nitrogen and oxygen atoms in total. The molecule has 1 aromatic rings. The number of aliphatic carboxylic acids is 1. The Bertz CT molecular complexity index is 691. The van der Waals surface area contributed by atoms with Crippen molar-refractivity contribution in [3.8, 4) is 0 Å². The van der Waals surface area contributed by atoms with Crippen LogP contribution in [0.1, 0.15) is 36.8 Å². The third-order valence-corrected chi connectivity index (χ3v) is 5.12. The first-order valence-corrected chi connectivity index (χ1v) is 9.12. The van der Waals surface area contributed by atoms with Crippen LogP contribution in [-0.2, 0) is 27.5 Å². The summed E-state index contributed by atoms with van der Waals surface area (Å²) in [6, 6.07) is 7.22. The summed E-state index contributed by atoms with van der Waals surface area (Å²) in [5.41, 5.74) is 2.02. The Kier molecular flexibility index (Phi) is 5.88. The van der Waals surface area contributed by atoms with Crippen molar-refractivity contribution >= 4 is 17.8 Å². The molecule has 2 fully saturated rings. The van der Waals surface area contributed by atoms with Crippen LogP contribution in [0.25, 0.3) is 0 Å². The van der Waals surface area contributed by atoms with E-state index in [1.807, 2.05) is 29.2 Å². The maximum Gasteiger partial charge on any atom is 0.320 e. The summed E-state index contributed by atoms with van der Waals surface area (Å²) in [5, 5.41) is 12.1. The molecule has 3 rings (SSSR count). The third kappa shape index (κ3) is 4.40. The molecule has 2 aliphatic heterocycles. The number of amides is 2. The number of benzene rings is 1. The zero-order valence-electron chi connectivity index (χ0n) is 14.8. The smallest absolute Gasteiger partial charge is 0.320 e. The van der Waals surface area contributed by atoms with E-state index >= 15 is 0 Å². The summed E-state index contributed by atoms with van der Waals surface area (Å²) in [4.78, 5) is 38.8. The molecule has 7 heteroatoms. The molecule has 0 saturated carbocycles. The van der Waals surface area contributed by atoms with Crippen LogP contribution in [0.15, 0.2) is 24.3 Å². The van der Waals surface area contributed by atoms with E-state index in [2.05, 4.69) is 5.32 Å². The van der Waals surface area contributed by atoms with Gasteiger partial charge in [0.15, 0.2) is 0 Å². The first kappa shape index (κ1) is 18.4. The lowest BCUT2D eigenvalue weighted by Gasteiger charge is -2.21. The highest BCUT2D eigenvalue weighted by atomic mass is 16.4. The minimum Gasteiger partial charge on any atom is -0.480 e. The Morgan fingerprint density at radius 1 is 1.15 bits per heavy atom. The van der Waals surface area contributed by atoms with Crippen molar-refractivity contribution in [3.63, 3.8) is 0 Å². The third-order valence-electron chi connectivity index (χ3n) is 5.12. The quantitative estimate of drug-likeness (QED) is 0.757. The van der Waals surface area contributed by atoms with Gasteiger partial charge in [0.1, 0.15) is 6.04 Å². The van der Waals surface area contributed by atoms with Gasteiger partial charge in [-0.3, -0.25) is 19.3 Å². The van der Waals surface area contributed by atoms with E-state index in [0.717, 1.165) is 30.5 Å². The molecule has 0 aliphatic carbocycles. The number of carbonyl (C=O) groups is 3. The summed E-state index contributed by atoms with van der Waals surface area (Å²) < 4.78 is 0. The van der Waals surface area contributed by atoms with Crippen LogP contribution >= 0.6 is 0 Å². The molecule has 0 spiro atoms. The Balaban J connectivity index is 1.55. The molecule has 2 heterocycles. The summed E-state index contributed by atoms with van der Waals surface area (Å²) in [7, 11) is 0. The van der Waals surface area contributed by atoms with Gasteiger partial charge in [-0.05, 0) is 36.9 Å². The molecular formula is C19H25N3O4. The Morgan fingerprint density at radius 3 is 2.62 bits per heavy atom. The van der Waals surface area contributed by atoms with Crippen molar-refractivity contribution in [2.24, 2.45) is 0 Å². The Morgan fingerprint density at radius 2 is 1.92 bits per heavy atom. The number of hydrogen-bond donors (Lipinski definition) is 2. The summed E-state index contributed by atoms with van der Waals surface area (Å²) >= 11 is 0. The molecule has 26 heavy (non-hydrogen) atoms. The van der Waals surface area contributed by atoms with Crippen LogP contribution in [0, 0.1) is 0 Å². The van der Waals surface area contributed by atoms with Crippen molar-refractivity contribution in [2.45, 2.75) is 44.8 Å². The average Bonchev–Trinajstić information content (AvgIpc) is 3.23. The van der Waals surface area contributed by atoms with E-state index < -0.39 is 12.0 Å². The largest absolute Gasteiger partial charge is 0.480 e. The number of carboxylic acid groups (broad SMARTS) is 1. The SMILES string of the molecule is O=C(CN1CCC[C@H]1C(=O)O)NCc1ccccc1CN1CCCC1=O. The number of rotatable bonds is 7. The van der Waals surface area contributed by atoms with E-state index in [9.17, 15) is 19.5 Å². The first-order chi connectivity index (χ1) is 12.5. The van der Waals surface area contributed by atoms with E-state index in [1.165, 1.54) is 0 Å². The van der Waals surface area contributed by atoms with Crippen molar-refractivity contribution in [1.29, 1.82) is 0 Å². The van der Waals surface area contributed by atoms with E-state index in [-0.39, 0.29) is 18.4 Å². The molecule has 2 aliphatic rings. The lowest BCUT2D eigenvalue weighted by atomic mass is 10.1. The number of carbonyl (C=O) groups excluding carboxylic acids is 2. The molecule has 1 aromatic carbocycles. The van der Waals surface area contributed by atoms with E-state index in [0.29, 0.717) is 32.5 Å². The van der Waals surface area contributed by atoms with Gasteiger partial charge in [0.25, 0.3) is 0 Å². The molecule has 0 aromatic heterocycles. The maximum absolute atomic E-state index is 12.2. The number of hydrogen-bond acceptors (Lipinski definition) is 4. The van der Waals surface area contributed by atoms with Crippen molar-refractivity contribution in [3.05, 3.63) is 35.4 Å². The van der Waals surface area contributed by atoms with Gasteiger partial charge in [-0.1, -0.05) is 24.3 Å². The van der Waals surface area contributed by atoms with E-state index in [1.54, 1.807) is 4.90 Å². The number of nitrogens with one attached hydrogen (secondary N) is 1. The second-order valence-corrected chi connectivity index (χ2v) is 6.93. The molecule has 0 bridgehead atoms. The van der Waals surface area contributed by atoms with Gasteiger partial charge in [-0.15, -0.1) is 0 Å². The lowest BCUT2D eigenvalue weighted by molar-refractivity contribution is -0.142. The van der Waals surface area contributed by atoms with Crippen LogP contribution in [0.2, 0.25) is 0 Å². The molecule has 0 radical (unpaired) electrons. The molecule has 2 saturated heterocycles. The van der Waals surface area contributed by atoms with Crippen LogP contribution in [0.4, 0.5) is 0 Å². The molecule has 2 amide bonds. The predicted octanol–water partition coefficient (Wildman–Crippen LogP) is 0.974. The van der Waals surface area contributed by atoms with Gasteiger partial charge < -0.3 is 15.3 Å². The van der Waals surface area contributed by atoms with Crippen molar-refractivity contribution in [2.75, 3.05) is 19.6 Å². The highest BCUT2D eigenvalue weighted by molar-refractivity contribution is 5.80. The van der Waals surface area contributed by atoms with Gasteiger partial charge in [0.2, 0.25) is 11.8 Å². The lowest BCUT2D eigenvalue weighted by Crippen LogP contribution is -2.42. The second kappa shape index (κ2) is 8.31. The minimum absolute atomic E-state index is 0.101. The standard InChI is InChI=1S/C19H25N3O4/c23-17(13-21-9-3-7-16(21)19(25)26)20-11-14-5-1-2-6-15(14)12-22-10-4-8-18(22)24/h1-2,5-6,16H,3-4,7-13H2,(H,20,23)(H,25,26)/t16-/m0/s1. The minimum atomic E-state index is -0.865. The first-order valence-electron chi connectivity index (χ1n) is 9.12. The topological polar surface area (TPSA) is 89.9 Å². The Labute approximate surface area is 153 Å². The number of carboxylic acids is 1. The van der Waals surface area contributed by atoms with Crippen LogP contribution in [0.5, 0.6) is 0 Å². The van der Waals surface area contributed by atoms with Crippen LogP contribution < -0.4 is 5.32 Å². The van der Waals surface area contributed by atoms with Crippen molar-refractivity contribution in [1.82, 2.24) is 15.1 Å². The van der Waals surface area contributed by atoms with Crippen LogP contribution in [-0.4, -0.2) is 58.4 Å². The second-order valence-electron chi connectivity index (χ2n) is 6.93. The summed E-state index contributed by atoms with van der Waals surface area (Å²) in [6.45, 7) is 2.47.